The molecule has 18 heavy (non-hydrogen) atoms. The third-order valence-electron chi connectivity index (χ3n) is 3.50. The van der Waals surface area contributed by atoms with Crippen molar-refractivity contribution in [1.29, 1.82) is 0 Å². The third kappa shape index (κ3) is 3.87. The molecule has 1 aliphatic rings. The predicted octanol–water partition coefficient (Wildman–Crippen LogP) is 3.88. The van der Waals surface area contributed by atoms with Crippen molar-refractivity contribution < 1.29 is 4.39 Å². The maximum atomic E-state index is 13.6. The van der Waals surface area contributed by atoms with Crippen molar-refractivity contribution >= 4 is 23.4 Å². The summed E-state index contributed by atoms with van der Waals surface area (Å²) in [6.07, 6.45) is 3.99. The van der Waals surface area contributed by atoms with E-state index in [1.165, 1.54) is 30.4 Å². The van der Waals surface area contributed by atoms with Crippen molar-refractivity contribution in [2.75, 3.05) is 11.5 Å². The molecule has 100 valence electrons. The van der Waals surface area contributed by atoms with E-state index in [0.29, 0.717) is 22.9 Å². The highest BCUT2D eigenvalue weighted by molar-refractivity contribution is 7.99. The van der Waals surface area contributed by atoms with Gasteiger partial charge >= 0.3 is 0 Å². The fourth-order valence-electron chi connectivity index (χ4n) is 2.48. The third-order valence-corrected chi connectivity index (χ3v) is 4.91. The summed E-state index contributed by atoms with van der Waals surface area (Å²) in [5.41, 5.74) is 6.71. The summed E-state index contributed by atoms with van der Waals surface area (Å²) in [7, 11) is 0. The van der Waals surface area contributed by atoms with Gasteiger partial charge in [-0.2, -0.15) is 11.8 Å². The second-order valence-electron chi connectivity index (χ2n) is 4.96. The Labute approximate surface area is 117 Å². The molecule has 1 aromatic rings. The molecule has 0 aliphatic carbocycles. The Bertz CT molecular complexity index is 373. The molecule has 0 spiro atoms. The van der Waals surface area contributed by atoms with E-state index in [-0.39, 0.29) is 11.9 Å². The van der Waals surface area contributed by atoms with Crippen LogP contribution in [-0.2, 0) is 6.42 Å². The van der Waals surface area contributed by atoms with E-state index in [1.807, 2.05) is 11.8 Å². The lowest BCUT2D eigenvalue weighted by Gasteiger charge is -2.24. The fraction of sp³-hybridized carbons (Fsp3) is 0.571. The topological polar surface area (TPSA) is 26.0 Å². The van der Waals surface area contributed by atoms with Gasteiger partial charge in [-0.25, -0.2) is 4.39 Å². The van der Waals surface area contributed by atoms with E-state index in [1.54, 1.807) is 12.1 Å². The normalized spacial score (nSPS) is 18.8. The highest BCUT2D eigenvalue weighted by Gasteiger charge is 2.19. The molecule has 1 fully saturated rings. The van der Waals surface area contributed by atoms with Gasteiger partial charge in [0.2, 0.25) is 0 Å². The molecule has 0 bridgehead atoms. The molecule has 4 heteroatoms. The lowest BCUT2D eigenvalue weighted by atomic mass is 9.91. The van der Waals surface area contributed by atoms with Crippen LogP contribution >= 0.6 is 23.4 Å². The molecule has 0 amide bonds. The average Bonchev–Trinajstić information content (AvgIpc) is 2.35. The summed E-state index contributed by atoms with van der Waals surface area (Å²) in [4.78, 5) is 0. The number of rotatable bonds is 4. The molecule has 0 radical (unpaired) electrons. The van der Waals surface area contributed by atoms with Crippen LogP contribution < -0.4 is 5.73 Å². The summed E-state index contributed by atoms with van der Waals surface area (Å²) in [6, 6.07) is 4.81. The van der Waals surface area contributed by atoms with E-state index in [9.17, 15) is 4.39 Å². The van der Waals surface area contributed by atoms with E-state index in [2.05, 4.69) is 0 Å². The number of hydrogen-bond donors (Lipinski definition) is 1. The molecule has 1 unspecified atom stereocenters. The summed E-state index contributed by atoms with van der Waals surface area (Å²) in [5, 5.41) is 0.490. The van der Waals surface area contributed by atoms with Crippen molar-refractivity contribution in [2.45, 2.75) is 31.7 Å². The van der Waals surface area contributed by atoms with Crippen LogP contribution in [0.25, 0.3) is 0 Å². The minimum Gasteiger partial charge on any atom is -0.327 e. The molecular weight excluding hydrogens is 269 g/mol. The van der Waals surface area contributed by atoms with Gasteiger partial charge in [-0.3, -0.25) is 0 Å². The van der Waals surface area contributed by atoms with Gasteiger partial charge in [-0.1, -0.05) is 17.7 Å². The summed E-state index contributed by atoms with van der Waals surface area (Å²) in [6.45, 7) is 0. The number of thioether (sulfide) groups is 1. The quantitative estimate of drug-likeness (QED) is 0.909. The van der Waals surface area contributed by atoms with Crippen LogP contribution in [0.5, 0.6) is 0 Å². The van der Waals surface area contributed by atoms with Crippen LogP contribution in [0.3, 0.4) is 0 Å². The fourth-order valence-corrected chi connectivity index (χ4v) is 3.93. The molecule has 1 atom stereocenters. The second-order valence-corrected chi connectivity index (χ2v) is 6.59. The van der Waals surface area contributed by atoms with Gasteiger partial charge in [0.15, 0.2) is 0 Å². The summed E-state index contributed by atoms with van der Waals surface area (Å²) in [5.74, 6) is 2.93. The Morgan fingerprint density at radius 3 is 2.78 bits per heavy atom. The van der Waals surface area contributed by atoms with Crippen LogP contribution in [0.4, 0.5) is 4.39 Å². The van der Waals surface area contributed by atoms with E-state index in [0.717, 1.165) is 6.42 Å². The SMILES string of the molecule is NC(Cc1c(F)cccc1Cl)CC1CCSCC1. The van der Waals surface area contributed by atoms with Crippen molar-refractivity contribution in [3.05, 3.63) is 34.6 Å². The van der Waals surface area contributed by atoms with Gasteiger partial charge in [0.05, 0.1) is 0 Å². The minimum absolute atomic E-state index is 0.00694. The van der Waals surface area contributed by atoms with E-state index < -0.39 is 0 Å². The highest BCUT2D eigenvalue weighted by atomic mass is 35.5. The Kier molecular flexibility index (Phi) is 5.34. The molecule has 1 heterocycles. The zero-order valence-electron chi connectivity index (χ0n) is 10.4. The summed E-state index contributed by atoms with van der Waals surface area (Å²) < 4.78 is 13.6. The first-order chi connectivity index (χ1) is 8.66. The van der Waals surface area contributed by atoms with Crippen molar-refractivity contribution in [3.63, 3.8) is 0 Å². The zero-order chi connectivity index (χ0) is 13.0. The maximum absolute atomic E-state index is 13.6. The number of hydrogen-bond acceptors (Lipinski definition) is 2. The first kappa shape index (κ1) is 14.2. The van der Waals surface area contributed by atoms with Crippen molar-refractivity contribution in [3.8, 4) is 0 Å². The Hall–Kier alpha value is -0.250. The molecule has 0 saturated carbocycles. The van der Waals surface area contributed by atoms with Gasteiger partial charge in [0, 0.05) is 16.6 Å². The van der Waals surface area contributed by atoms with Gasteiger partial charge < -0.3 is 5.73 Å². The standard InChI is InChI=1S/C14H19ClFNS/c15-13-2-1-3-14(16)12(13)9-11(17)8-10-4-6-18-7-5-10/h1-3,10-11H,4-9,17H2. The lowest BCUT2D eigenvalue weighted by molar-refractivity contribution is 0.403. The largest absolute Gasteiger partial charge is 0.327 e. The first-order valence-electron chi connectivity index (χ1n) is 6.43. The van der Waals surface area contributed by atoms with E-state index >= 15 is 0 Å². The molecular formula is C14H19ClFNS. The van der Waals surface area contributed by atoms with Crippen LogP contribution in [-0.4, -0.2) is 17.5 Å². The number of nitrogens with two attached hydrogens (primary N) is 1. The van der Waals surface area contributed by atoms with Crippen LogP contribution in [0.15, 0.2) is 18.2 Å². The minimum atomic E-state index is -0.239. The summed E-state index contributed by atoms with van der Waals surface area (Å²) >= 11 is 8.03. The van der Waals surface area contributed by atoms with Gasteiger partial charge in [0.1, 0.15) is 5.82 Å². The van der Waals surface area contributed by atoms with Crippen LogP contribution in [0.2, 0.25) is 5.02 Å². The molecule has 2 N–H and O–H groups in total. The molecule has 1 nitrogen and oxygen atoms in total. The zero-order valence-corrected chi connectivity index (χ0v) is 11.9. The van der Waals surface area contributed by atoms with Crippen molar-refractivity contribution in [2.24, 2.45) is 11.7 Å². The molecule has 1 saturated heterocycles. The molecule has 1 aliphatic heterocycles. The molecule has 0 aromatic heterocycles. The smallest absolute Gasteiger partial charge is 0.127 e. The van der Waals surface area contributed by atoms with Crippen LogP contribution in [0.1, 0.15) is 24.8 Å². The Morgan fingerprint density at radius 1 is 1.39 bits per heavy atom. The Morgan fingerprint density at radius 2 is 2.11 bits per heavy atom. The number of halogens is 2. The van der Waals surface area contributed by atoms with Crippen molar-refractivity contribution in [1.82, 2.24) is 0 Å². The van der Waals surface area contributed by atoms with Gasteiger partial charge in [0.25, 0.3) is 0 Å². The number of benzene rings is 1. The first-order valence-corrected chi connectivity index (χ1v) is 7.96. The van der Waals surface area contributed by atoms with Gasteiger partial charge in [-0.15, -0.1) is 0 Å². The highest BCUT2D eigenvalue weighted by Crippen LogP contribution is 2.28. The predicted molar refractivity (Wildman–Crippen MR) is 77.8 cm³/mol. The molecule has 2 rings (SSSR count). The van der Waals surface area contributed by atoms with Gasteiger partial charge in [-0.05, 0) is 55.2 Å². The Balaban J connectivity index is 1.92. The average molecular weight is 288 g/mol. The monoisotopic (exact) mass is 287 g/mol. The second kappa shape index (κ2) is 6.78. The lowest BCUT2D eigenvalue weighted by Crippen LogP contribution is -2.28. The molecule has 1 aromatic carbocycles. The maximum Gasteiger partial charge on any atom is 0.127 e. The van der Waals surface area contributed by atoms with E-state index in [4.69, 9.17) is 17.3 Å². The van der Waals surface area contributed by atoms with Crippen LogP contribution in [0, 0.1) is 11.7 Å².